The molecule has 0 aromatic heterocycles. The second-order valence-corrected chi connectivity index (χ2v) is 7.11. The molecule has 156 valence electrons. The van der Waals surface area contributed by atoms with Crippen molar-refractivity contribution in [2.45, 2.75) is 20.0 Å². The molecule has 0 unspecified atom stereocenters. The molecule has 0 spiro atoms. The maximum atomic E-state index is 14.7. The number of hydrogen-bond donors (Lipinski definition) is 2. The predicted octanol–water partition coefficient (Wildman–Crippen LogP) is 2.97. The van der Waals surface area contributed by atoms with Crippen molar-refractivity contribution in [3.63, 3.8) is 0 Å². The van der Waals surface area contributed by atoms with Crippen molar-refractivity contribution in [2.75, 3.05) is 44.7 Å². The largest absolute Gasteiger partial charge is 0.367 e. The molecule has 1 fully saturated rings. The maximum Gasteiger partial charge on any atom is 0.191 e. The molecule has 1 aliphatic heterocycles. The number of hydrogen-bond acceptors (Lipinski definition) is 3. The fraction of sp³-hybridized carbons (Fsp3) is 0.409. The van der Waals surface area contributed by atoms with E-state index >= 15 is 0 Å². The van der Waals surface area contributed by atoms with E-state index in [1.54, 1.807) is 25.2 Å². The molecule has 1 aliphatic rings. The lowest BCUT2D eigenvalue weighted by Crippen LogP contribution is -2.46. The first kappa shape index (κ1) is 21.0. The van der Waals surface area contributed by atoms with Crippen LogP contribution in [0, 0.1) is 11.6 Å². The topological polar surface area (TPSA) is 42.9 Å². The van der Waals surface area contributed by atoms with Crippen LogP contribution in [0.5, 0.6) is 0 Å². The van der Waals surface area contributed by atoms with Crippen LogP contribution in [0.4, 0.5) is 14.5 Å². The first-order valence-electron chi connectivity index (χ1n) is 10.0. The molecule has 0 bridgehead atoms. The van der Waals surface area contributed by atoms with Crippen LogP contribution >= 0.6 is 0 Å². The van der Waals surface area contributed by atoms with E-state index in [0.717, 1.165) is 43.9 Å². The SMILES string of the molecule is CCN1CCN(c2ccc(CNC(=NC)NCc3ccc(F)cc3)cc2F)CC1. The molecule has 0 saturated carbocycles. The summed E-state index contributed by atoms with van der Waals surface area (Å²) in [6, 6.07) is 11.7. The van der Waals surface area contributed by atoms with Gasteiger partial charge in [0.2, 0.25) is 0 Å². The summed E-state index contributed by atoms with van der Waals surface area (Å²) in [6.45, 7) is 7.81. The van der Waals surface area contributed by atoms with Gasteiger partial charge in [-0.05, 0) is 41.9 Å². The fourth-order valence-electron chi connectivity index (χ4n) is 3.42. The number of guanidine groups is 1. The maximum absolute atomic E-state index is 14.7. The number of benzene rings is 2. The van der Waals surface area contributed by atoms with Crippen LogP contribution in [-0.2, 0) is 13.1 Å². The number of likely N-dealkylation sites (N-methyl/N-ethyl adjacent to an activating group) is 1. The Bertz CT molecular complexity index is 814. The van der Waals surface area contributed by atoms with Gasteiger partial charge in [0, 0.05) is 46.3 Å². The molecule has 7 heteroatoms. The Kier molecular flexibility index (Phi) is 7.41. The van der Waals surface area contributed by atoms with Crippen LogP contribution < -0.4 is 15.5 Å². The smallest absolute Gasteiger partial charge is 0.191 e. The zero-order valence-corrected chi connectivity index (χ0v) is 17.1. The number of nitrogens with one attached hydrogen (secondary N) is 2. The standard InChI is InChI=1S/C22H29F2N5/c1-3-28-10-12-29(13-11-28)21-9-6-18(14-20(21)24)16-27-22(25-2)26-15-17-4-7-19(23)8-5-17/h4-9,14H,3,10-13,15-16H2,1-2H3,(H2,25,26,27). The quantitative estimate of drug-likeness (QED) is 0.577. The molecule has 0 aliphatic carbocycles. The molecule has 0 radical (unpaired) electrons. The molecule has 2 N–H and O–H groups in total. The van der Waals surface area contributed by atoms with Crippen molar-refractivity contribution >= 4 is 11.6 Å². The lowest BCUT2D eigenvalue weighted by Gasteiger charge is -2.35. The van der Waals surface area contributed by atoms with Gasteiger partial charge in [0.25, 0.3) is 0 Å². The van der Waals surface area contributed by atoms with Crippen molar-refractivity contribution in [3.8, 4) is 0 Å². The van der Waals surface area contributed by atoms with Gasteiger partial charge in [0.15, 0.2) is 5.96 Å². The highest BCUT2D eigenvalue weighted by molar-refractivity contribution is 5.79. The molecule has 1 heterocycles. The normalized spacial score (nSPS) is 15.4. The summed E-state index contributed by atoms with van der Waals surface area (Å²) in [4.78, 5) is 8.66. The minimum atomic E-state index is -0.256. The van der Waals surface area contributed by atoms with E-state index in [1.165, 1.54) is 12.1 Å². The third-order valence-electron chi connectivity index (χ3n) is 5.23. The van der Waals surface area contributed by atoms with Gasteiger partial charge in [-0.25, -0.2) is 8.78 Å². The first-order valence-corrected chi connectivity index (χ1v) is 10.0. The van der Waals surface area contributed by atoms with Gasteiger partial charge in [0.1, 0.15) is 11.6 Å². The Morgan fingerprint density at radius 1 is 0.931 bits per heavy atom. The van der Waals surface area contributed by atoms with Crippen molar-refractivity contribution in [1.29, 1.82) is 0 Å². The van der Waals surface area contributed by atoms with Crippen molar-refractivity contribution in [1.82, 2.24) is 15.5 Å². The van der Waals surface area contributed by atoms with Crippen LogP contribution in [0.3, 0.4) is 0 Å². The Labute approximate surface area is 171 Å². The van der Waals surface area contributed by atoms with E-state index < -0.39 is 0 Å². The molecule has 0 amide bonds. The van der Waals surface area contributed by atoms with E-state index in [0.29, 0.717) is 24.7 Å². The summed E-state index contributed by atoms with van der Waals surface area (Å²) in [5, 5.41) is 6.36. The van der Waals surface area contributed by atoms with Gasteiger partial charge in [-0.2, -0.15) is 0 Å². The average Bonchev–Trinajstić information content (AvgIpc) is 2.75. The molecule has 0 atom stereocenters. The summed E-state index contributed by atoms with van der Waals surface area (Å²) in [6.07, 6.45) is 0. The Balaban J connectivity index is 1.52. The van der Waals surface area contributed by atoms with Gasteiger partial charge in [-0.1, -0.05) is 25.1 Å². The Morgan fingerprint density at radius 2 is 1.55 bits per heavy atom. The summed E-state index contributed by atoms with van der Waals surface area (Å²) >= 11 is 0. The monoisotopic (exact) mass is 401 g/mol. The first-order chi connectivity index (χ1) is 14.1. The molecule has 2 aromatic rings. The predicted molar refractivity (Wildman–Crippen MR) is 114 cm³/mol. The fourth-order valence-corrected chi connectivity index (χ4v) is 3.42. The number of rotatable bonds is 6. The Morgan fingerprint density at radius 3 is 2.14 bits per heavy atom. The van der Waals surface area contributed by atoms with E-state index in [2.05, 4.69) is 32.3 Å². The summed E-state index contributed by atoms with van der Waals surface area (Å²) in [5.41, 5.74) is 2.47. The van der Waals surface area contributed by atoms with Crippen LogP contribution in [0.2, 0.25) is 0 Å². The second kappa shape index (κ2) is 10.2. The molecule has 1 saturated heterocycles. The lowest BCUT2D eigenvalue weighted by atomic mass is 10.1. The highest BCUT2D eigenvalue weighted by Crippen LogP contribution is 2.22. The number of nitrogens with zero attached hydrogens (tertiary/aromatic N) is 3. The van der Waals surface area contributed by atoms with Gasteiger partial charge >= 0.3 is 0 Å². The highest BCUT2D eigenvalue weighted by atomic mass is 19.1. The minimum Gasteiger partial charge on any atom is -0.367 e. The third kappa shape index (κ3) is 5.90. The van der Waals surface area contributed by atoms with Gasteiger partial charge in [-0.15, -0.1) is 0 Å². The number of piperazine rings is 1. The number of aliphatic imine (C=N–C) groups is 1. The van der Waals surface area contributed by atoms with Crippen molar-refractivity contribution in [2.24, 2.45) is 4.99 Å². The minimum absolute atomic E-state index is 0.191. The zero-order valence-electron chi connectivity index (χ0n) is 17.1. The van der Waals surface area contributed by atoms with E-state index in [9.17, 15) is 8.78 Å². The van der Waals surface area contributed by atoms with Crippen LogP contribution in [-0.4, -0.2) is 50.6 Å². The third-order valence-corrected chi connectivity index (χ3v) is 5.23. The van der Waals surface area contributed by atoms with Gasteiger partial charge in [0.05, 0.1) is 5.69 Å². The van der Waals surface area contributed by atoms with E-state index in [4.69, 9.17) is 0 Å². The summed E-state index contributed by atoms with van der Waals surface area (Å²) in [5.74, 6) is 0.159. The van der Waals surface area contributed by atoms with Crippen molar-refractivity contribution in [3.05, 3.63) is 65.2 Å². The lowest BCUT2D eigenvalue weighted by molar-refractivity contribution is 0.270. The molecule has 3 rings (SSSR count). The molecule has 5 nitrogen and oxygen atoms in total. The van der Waals surface area contributed by atoms with Gasteiger partial charge < -0.3 is 20.4 Å². The Hall–Kier alpha value is -2.67. The molecular weight excluding hydrogens is 372 g/mol. The van der Waals surface area contributed by atoms with Crippen LogP contribution in [0.15, 0.2) is 47.5 Å². The van der Waals surface area contributed by atoms with Crippen LogP contribution in [0.25, 0.3) is 0 Å². The zero-order chi connectivity index (χ0) is 20.6. The molecular formula is C22H29F2N5. The second-order valence-electron chi connectivity index (χ2n) is 7.11. The van der Waals surface area contributed by atoms with Gasteiger partial charge in [-0.3, -0.25) is 4.99 Å². The number of anilines is 1. The summed E-state index contributed by atoms with van der Waals surface area (Å²) in [7, 11) is 1.68. The van der Waals surface area contributed by atoms with E-state index in [-0.39, 0.29) is 11.6 Å². The average molecular weight is 402 g/mol. The summed E-state index contributed by atoms with van der Waals surface area (Å²) < 4.78 is 27.6. The van der Waals surface area contributed by atoms with Crippen LogP contribution in [0.1, 0.15) is 18.1 Å². The number of halogens is 2. The molecule has 29 heavy (non-hydrogen) atoms. The highest BCUT2D eigenvalue weighted by Gasteiger charge is 2.18. The molecule has 2 aromatic carbocycles. The van der Waals surface area contributed by atoms with Crippen molar-refractivity contribution < 1.29 is 8.78 Å². The van der Waals surface area contributed by atoms with E-state index in [1.807, 2.05) is 12.1 Å².